The van der Waals surface area contributed by atoms with E-state index in [1.54, 1.807) is 54.4 Å². The number of aromatic nitrogens is 6. The zero-order valence-electron chi connectivity index (χ0n) is 46.0. The molecule has 0 bridgehead atoms. The summed E-state index contributed by atoms with van der Waals surface area (Å²) in [5.74, 6) is 6.29. The molecule has 0 radical (unpaired) electrons. The minimum Gasteiger partial charge on any atom is -0.475 e. The fraction of sp³-hybridized carbons (Fsp3) is 0.519. The molecule has 28 heteroatoms. The van der Waals surface area contributed by atoms with Gasteiger partial charge in [-0.1, -0.05) is 72.5 Å². The van der Waals surface area contributed by atoms with Gasteiger partial charge in [0.25, 0.3) is 0 Å². The van der Waals surface area contributed by atoms with Gasteiger partial charge in [0.2, 0.25) is 23.6 Å². The molecular formula is C54H68F6N12O10. The van der Waals surface area contributed by atoms with E-state index in [9.17, 15) is 45.5 Å². The second-order valence-electron chi connectivity index (χ2n) is 19.0. The van der Waals surface area contributed by atoms with E-state index in [4.69, 9.17) is 29.3 Å². The van der Waals surface area contributed by atoms with E-state index in [1.807, 2.05) is 79.6 Å². The summed E-state index contributed by atoms with van der Waals surface area (Å²) >= 11 is 0. The minimum atomic E-state index is -5.08. The van der Waals surface area contributed by atoms with Gasteiger partial charge in [-0.25, -0.2) is 9.59 Å². The molecule has 2 aliphatic heterocycles. The standard InChI is InChI=1S/C50H66N12O6.2C2HF3O2/c1-35(51-5)47(63)55-45(49(65)61-25-17-23-41(61)31-59-33-53-57-43(59)29-39-19-11-9-12-20-39)37(3)67-27-15-7-8-16-28-68-38(4)46(56-48(64)36(2)52-6)50(66)62-26-18-24-42(62)32-60-34-54-58-44(60)30-40-21-13-10-14-22-40;2*3-2(4,5)1(6)7/h9-14,19-22,33-38,41-42,45-46,51-52H,17-18,23-32H2,1-6H3,(H,55,63)(H,56,64);2*(H,6,7)/t35-,36-,37+,38+,41-,42-,45-,46-;;/m0../s1. The quantitative estimate of drug-likeness (QED) is 0.0488. The molecule has 82 heavy (non-hydrogen) atoms. The number of carbonyl (C=O) groups is 6. The number of carboxylic acid groups (broad SMARTS) is 2. The molecule has 2 aromatic heterocycles. The highest BCUT2D eigenvalue weighted by Crippen LogP contribution is 2.24. The van der Waals surface area contributed by atoms with Gasteiger partial charge in [-0.15, -0.1) is 20.4 Å². The molecule has 2 aliphatic rings. The number of likely N-dealkylation sites (tertiary alicyclic amines) is 2. The Hall–Kier alpha value is -7.92. The lowest BCUT2D eigenvalue weighted by atomic mass is 10.1. The van der Waals surface area contributed by atoms with Crippen molar-refractivity contribution in [2.75, 3.05) is 40.4 Å². The fourth-order valence-electron chi connectivity index (χ4n) is 8.41. The summed E-state index contributed by atoms with van der Waals surface area (Å²) in [6.45, 7) is 8.99. The second kappa shape index (κ2) is 32.5. The number of nitrogens with one attached hydrogen (secondary N) is 4. The SMILES string of the molecule is CN[C@@H](C)C(=O)N[C@H](C(=O)N1CCC[C@H]1Cn1cnnc1Cc1ccccc1)[C@@H](C)OCC#CC#CCO[C@H](C)[C@H](NC(=O)[C@H](C)NC)C(=O)N1CCC[C@H]1Cn1cnnc1Cc1ccccc1.O=C(O)C(F)(F)F.O=C(O)C(F)(F)F. The van der Waals surface area contributed by atoms with Crippen LogP contribution in [0.25, 0.3) is 0 Å². The van der Waals surface area contributed by atoms with Crippen molar-refractivity contribution in [3.63, 3.8) is 0 Å². The lowest BCUT2D eigenvalue weighted by Gasteiger charge is -2.32. The summed E-state index contributed by atoms with van der Waals surface area (Å²) in [4.78, 5) is 76.3. The van der Waals surface area contributed by atoms with Crippen LogP contribution >= 0.6 is 0 Å². The van der Waals surface area contributed by atoms with Crippen molar-refractivity contribution in [1.29, 1.82) is 0 Å². The third-order valence-electron chi connectivity index (χ3n) is 13.2. The predicted molar refractivity (Wildman–Crippen MR) is 283 cm³/mol. The van der Waals surface area contributed by atoms with Crippen LogP contribution in [-0.4, -0.2) is 186 Å². The minimum absolute atomic E-state index is 0.0482. The third kappa shape index (κ3) is 21.2. The van der Waals surface area contributed by atoms with Crippen molar-refractivity contribution < 1.29 is 74.8 Å². The lowest BCUT2D eigenvalue weighted by Crippen LogP contribution is -2.58. The molecule has 446 valence electrons. The normalized spacial score (nSPS) is 17.1. The van der Waals surface area contributed by atoms with Crippen molar-refractivity contribution in [3.8, 4) is 23.7 Å². The van der Waals surface area contributed by atoms with Crippen LogP contribution in [-0.2, 0) is 64.2 Å². The fourth-order valence-corrected chi connectivity index (χ4v) is 8.41. The number of amides is 4. The highest BCUT2D eigenvalue weighted by molar-refractivity contribution is 5.91. The maximum absolute atomic E-state index is 14.3. The van der Waals surface area contributed by atoms with E-state index in [-0.39, 0.29) is 48.9 Å². The van der Waals surface area contributed by atoms with Gasteiger partial charge >= 0.3 is 24.3 Å². The predicted octanol–water partition coefficient (Wildman–Crippen LogP) is 3.00. The zero-order chi connectivity index (χ0) is 60.6. The highest BCUT2D eigenvalue weighted by Gasteiger charge is 2.41. The van der Waals surface area contributed by atoms with Crippen LogP contribution in [0.2, 0.25) is 0 Å². The molecule has 0 aliphatic carbocycles. The molecule has 0 unspecified atom stereocenters. The van der Waals surface area contributed by atoms with Crippen molar-refractivity contribution in [1.82, 2.24) is 60.6 Å². The van der Waals surface area contributed by atoms with Gasteiger partial charge in [0.05, 0.1) is 24.3 Å². The topological polar surface area (TPSA) is 277 Å². The maximum Gasteiger partial charge on any atom is 0.490 e. The monoisotopic (exact) mass is 1160 g/mol. The Balaban J connectivity index is 0.000000914. The molecule has 4 amide bonds. The number of hydrogen-bond donors (Lipinski definition) is 6. The van der Waals surface area contributed by atoms with Crippen molar-refractivity contribution in [2.24, 2.45) is 0 Å². The molecule has 2 aromatic carbocycles. The summed E-state index contributed by atoms with van der Waals surface area (Å²) in [6, 6.07) is 16.9. The highest BCUT2D eigenvalue weighted by atomic mass is 19.4. The Labute approximate surface area is 470 Å². The molecule has 0 saturated carbocycles. The number of rotatable bonds is 22. The number of hydrogen-bond acceptors (Lipinski definition) is 14. The van der Waals surface area contributed by atoms with Gasteiger partial charge in [-0.3, -0.25) is 19.2 Å². The summed E-state index contributed by atoms with van der Waals surface area (Å²) < 4.78 is 79.6. The van der Waals surface area contributed by atoms with Crippen LogP contribution in [0.5, 0.6) is 0 Å². The average molecular weight is 1160 g/mol. The number of likely N-dealkylation sites (N-methyl/N-ethyl adjacent to an activating group) is 2. The Morgan fingerprint density at radius 1 is 0.610 bits per heavy atom. The van der Waals surface area contributed by atoms with E-state index < -0.39 is 60.7 Å². The Kier molecular flexibility index (Phi) is 26.4. The number of carbonyl (C=O) groups excluding carboxylic acids is 4. The summed E-state index contributed by atoms with van der Waals surface area (Å²) in [7, 11) is 3.37. The Morgan fingerprint density at radius 2 is 0.951 bits per heavy atom. The summed E-state index contributed by atoms with van der Waals surface area (Å²) in [6.07, 6.45) is -3.72. The molecule has 4 aromatic rings. The first-order valence-corrected chi connectivity index (χ1v) is 26.0. The van der Waals surface area contributed by atoms with Crippen LogP contribution in [0.3, 0.4) is 0 Å². The Bertz CT molecular complexity index is 2640. The molecule has 0 spiro atoms. The van der Waals surface area contributed by atoms with Gasteiger partial charge in [-0.05, 0) is 90.4 Å². The number of nitrogens with zero attached hydrogens (tertiary/aromatic N) is 8. The van der Waals surface area contributed by atoms with Crippen LogP contribution in [0, 0.1) is 23.7 Å². The van der Waals surface area contributed by atoms with E-state index in [0.29, 0.717) is 39.0 Å². The van der Waals surface area contributed by atoms with Gasteiger partial charge in [-0.2, -0.15) is 26.3 Å². The largest absolute Gasteiger partial charge is 0.490 e. The summed E-state index contributed by atoms with van der Waals surface area (Å²) in [5, 5.41) is 43.0. The van der Waals surface area contributed by atoms with Crippen LogP contribution in [0.15, 0.2) is 73.3 Å². The molecule has 6 N–H and O–H groups in total. The van der Waals surface area contributed by atoms with Crippen LogP contribution in [0.4, 0.5) is 26.3 Å². The van der Waals surface area contributed by atoms with Crippen LogP contribution < -0.4 is 21.3 Å². The molecule has 2 saturated heterocycles. The molecule has 4 heterocycles. The third-order valence-corrected chi connectivity index (χ3v) is 13.2. The van der Waals surface area contributed by atoms with E-state index in [1.165, 1.54) is 0 Å². The van der Waals surface area contributed by atoms with Gasteiger partial charge < -0.3 is 59.9 Å². The van der Waals surface area contributed by atoms with Crippen molar-refractivity contribution in [3.05, 3.63) is 96.1 Å². The summed E-state index contributed by atoms with van der Waals surface area (Å²) in [5.41, 5.74) is 2.23. The lowest BCUT2D eigenvalue weighted by molar-refractivity contribution is -0.193. The maximum atomic E-state index is 14.3. The van der Waals surface area contributed by atoms with Crippen molar-refractivity contribution >= 4 is 35.6 Å². The first kappa shape index (κ1) is 66.6. The van der Waals surface area contributed by atoms with Crippen molar-refractivity contribution in [2.45, 2.75) is 140 Å². The number of aliphatic carboxylic acids is 2. The second-order valence-corrected chi connectivity index (χ2v) is 19.0. The average Bonchev–Trinajstić information content (AvgIpc) is 4.39. The number of benzene rings is 2. The number of halogens is 6. The molecular weight excluding hydrogens is 1090 g/mol. The zero-order valence-corrected chi connectivity index (χ0v) is 46.0. The number of carboxylic acids is 2. The molecule has 2 fully saturated rings. The van der Waals surface area contributed by atoms with Crippen LogP contribution in [0.1, 0.15) is 76.2 Å². The van der Waals surface area contributed by atoms with Gasteiger partial charge in [0.1, 0.15) is 49.6 Å². The first-order chi connectivity index (χ1) is 38.9. The number of ether oxygens (including phenoxy) is 2. The van der Waals surface area contributed by atoms with E-state index in [2.05, 4.69) is 65.3 Å². The Morgan fingerprint density at radius 3 is 1.27 bits per heavy atom. The first-order valence-electron chi connectivity index (χ1n) is 26.0. The van der Waals surface area contributed by atoms with E-state index >= 15 is 0 Å². The molecule has 8 atom stereocenters. The van der Waals surface area contributed by atoms with Gasteiger partial charge in [0.15, 0.2) is 0 Å². The van der Waals surface area contributed by atoms with Gasteiger partial charge in [0, 0.05) is 51.1 Å². The molecule has 6 rings (SSSR count). The van der Waals surface area contributed by atoms with E-state index in [0.717, 1.165) is 48.5 Å². The molecule has 22 nitrogen and oxygen atoms in total. The number of alkyl halides is 6. The smallest absolute Gasteiger partial charge is 0.475 e.